The minimum absolute atomic E-state index is 0.0138. The van der Waals surface area contributed by atoms with Crippen LogP contribution in [0.5, 0.6) is 0 Å². The highest BCUT2D eigenvalue weighted by molar-refractivity contribution is 5.84. The van der Waals surface area contributed by atoms with Crippen molar-refractivity contribution in [3.8, 4) is 0 Å². The van der Waals surface area contributed by atoms with Crippen LogP contribution in [0.15, 0.2) is 0 Å². The van der Waals surface area contributed by atoms with E-state index in [4.69, 9.17) is 11.5 Å². The minimum Gasteiger partial charge on any atom is -0.327 e. The Labute approximate surface area is 68.1 Å². The Morgan fingerprint density at radius 1 is 1.27 bits per heavy atom. The first kappa shape index (κ1) is 10.6. The van der Waals surface area contributed by atoms with Gasteiger partial charge in [-0.2, -0.15) is 0 Å². The molecule has 0 saturated carbocycles. The molecule has 0 aromatic rings. The van der Waals surface area contributed by atoms with Gasteiger partial charge in [-0.15, -0.1) is 0 Å². The third kappa shape index (κ3) is 4.11. The van der Waals surface area contributed by atoms with Gasteiger partial charge >= 0.3 is 0 Å². The average Bonchev–Trinajstić information content (AvgIpc) is 2.02. The highest BCUT2D eigenvalue weighted by Crippen LogP contribution is 1.99. The van der Waals surface area contributed by atoms with Gasteiger partial charge < -0.3 is 11.5 Å². The number of nitrogens with two attached hydrogens (primary N) is 2. The Bertz CT molecular complexity index is 125. The van der Waals surface area contributed by atoms with E-state index in [-0.39, 0.29) is 17.9 Å². The molecule has 0 aromatic heterocycles. The predicted molar refractivity (Wildman–Crippen MR) is 46.2 cm³/mol. The van der Waals surface area contributed by atoms with E-state index < -0.39 is 0 Å². The number of carbonyl (C=O) groups excluding carboxylic acids is 1. The van der Waals surface area contributed by atoms with E-state index in [2.05, 4.69) is 0 Å². The Kier molecular flexibility index (Phi) is 5.07. The van der Waals surface area contributed by atoms with Crippen LogP contribution in [-0.2, 0) is 4.79 Å². The molecule has 0 rings (SSSR count). The molecule has 2 atom stereocenters. The molecule has 0 radical (unpaired) electrons. The Morgan fingerprint density at radius 3 is 2.18 bits per heavy atom. The van der Waals surface area contributed by atoms with Crippen molar-refractivity contribution in [2.45, 2.75) is 45.2 Å². The SMILES string of the molecule is CCC(N)CC(=O)C(N)CC. The van der Waals surface area contributed by atoms with Gasteiger partial charge in [0.2, 0.25) is 0 Å². The van der Waals surface area contributed by atoms with Crippen molar-refractivity contribution in [3.05, 3.63) is 0 Å². The van der Waals surface area contributed by atoms with Crippen LogP contribution in [0.4, 0.5) is 0 Å². The first-order valence-corrected chi connectivity index (χ1v) is 4.15. The van der Waals surface area contributed by atoms with E-state index in [1.807, 2.05) is 13.8 Å². The molecule has 0 spiro atoms. The Morgan fingerprint density at radius 2 is 1.82 bits per heavy atom. The number of hydrogen-bond acceptors (Lipinski definition) is 3. The van der Waals surface area contributed by atoms with Crippen LogP contribution >= 0.6 is 0 Å². The lowest BCUT2D eigenvalue weighted by molar-refractivity contribution is -0.120. The largest absolute Gasteiger partial charge is 0.327 e. The lowest BCUT2D eigenvalue weighted by Crippen LogP contribution is -2.34. The number of ketones is 1. The van der Waals surface area contributed by atoms with E-state index in [9.17, 15) is 4.79 Å². The fourth-order valence-electron chi connectivity index (χ4n) is 0.782. The molecule has 3 heteroatoms. The molecule has 0 aliphatic heterocycles. The second-order valence-corrected chi connectivity index (χ2v) is 2.85. The molecule has 66 valence electrons. The van der Waals surface area contributed by atoms with Gasteiger partial charge in [0.1, 0.15) is 0 Å². The molecule has 0 amide bonds. The first-order chi connectivity index (χ1) is 5.11. The van der Waals surface area contributed by atoms with E-state index in [0.717, 1.165) is 6.42 Å². The van der Waals surface area contributed by atoms with E-state index in [1.165, 1.54) is 0 Å². The predicted octanol–water partition coefficient (Wildman–Crippen LogP) is 0.420. The fourth-order valence-corrected chi connectivity index (χ4v) is 0.782. The fraction of sp³-hybridized carbons (Fsp3) is 0.875. The third-order valence-corrected chi connectivity index (χ3v) is 1.84. The third-order valence-electron chi connectivity index (χ3n) is 1.84. The van der Waals surface area contributed by atoms with E-state index >= 15 is 0 Å². The molecule has 11 heavy (non-hydrogen) atoms. The summed E-state index contributed by atoms with van der Waals surface area (Å²) in [5, 5.41) is 0. The monoisotopic (exact) mass is 158 g/mol. The lowest BCUT2D eigenvalue weighted by atomic mass is 10.0. The summed E-state index contributed by atoms with van der Waals surface area (Å²) >= 11 is 0. The van der Waals surface area contributed by atoms with Gasteiger partial charge in [-0.3, -0.25) is 4.79 Å². The van der Waals surface area contributed by atoms with Gasteiger partial charge in [-0.1, -0.05) is 13.8 Å². The Hall–Kier alpha value is -0.410. The second kappa shape index (κ2) is 5.27. The van der Waals surface area contributed by atoms with Crippen LogP contribution in [0.2, 0.25) is 0 Å². The molecule has 0 saturated heterocycles. The molecule has 0 aliphatic rings. The van der Waals surface area contributed by atoms with Crippen LogP contribution in [0.3, 0.4) is 0 Å². The number of carbonyl (C=O) groups is 1. The molecule has 0 fully saturated rings. The van der Waals surface area contributed by atoms with Gasteiger partial charge in [-0.25, -0.2) is 0 Å². The highest BCUT2D eigenvalue weighted by atomic mass is 16.1. The first-order valence-electron chi connectivity index (χ1n) is 4.15. The topological polar surface area (TPSA) is 69.1 Å². The van der Waals surface area contributed by atoms with Crippen molar-refractivity contribution in [1.29, 1.82) is 0 Å². The summed E-state index contributed by atoms with van der Waals surface area (Å²) in [6.45, 7) is 3.87. The van der Waals surface area contributed by atoms with Crippen molar-refractivity contribution in [3.63, 3.8) is 0 Å². The summed E-state index contributed by atoms with van der Waals surface area (Å²) < 4.78 is 0. The quantitative estimate of drug-likeness (QED) is 0.609. The molecular weight excluding hydrogens is 140 g/mol. The van der Waals surface area contributed by atoms with E-state index in [0.29, 0.717) is 12.8 Å². The zero-order valence-electron chi connectivity index (χ0n) is 7.34. The molecule has 2 unspecified atom stereocenters. The van der Waals surface area contributed by atoms with Gasteiger partial charge in [0.05, 0.1) is 6.04 Å². The zero-order valence-corrected chi connectivity index (χ0v) is 7.34. The number of Topliss-reactive ketones (excluding diaryl/α,β-unsaturated/α-hetero) is 1. The normalized spacial score (nSPS) is 16.0. The Balaban J connectivity index is 3.68. The van der Waals surface area contributed by atoms with Crippen LogP contribution in [0.1, 0.15) is 33.1 Å². The highest BCUT2D eigenvalue weighted by Gasteiger charge is 2.13. The average molecular weight is 158 g/mol. The second-order valence-electron chi connectivity index (χ2n) is 2.85. The van der Waals surface area contributed by atoms with Crippen molar-refractivity contribution in [2.75, 3.05) is 0 Å². The molecule has 0 heterocycles. The summed E-state index contributed by atoms with van der Waals surface area (Å²) in [4.78, 5) is 11.1. The summed E-state index contributed by atoms with van der Waals surface area (Å²) in [6, 6.07) is -0.326. The van der Waals surface area contributed by atoms with Crippen molar-refractivity contribution in [2.24, 2.45) is 11.5 Å². The van der Waals surface area contributed by atoms with Crippen molar-refractivity contribution < 1.29 is 4.79 Å². The van der Waals surface area contributed by atoms with Crippen LogP contribution < -0.4 is 11.5 Å². The molecule has 0 aliphatic carbocycles. The van der Waals surface area contributed by atoms with Crippen molar-refractivity contribution in [1.82, 2.24) is 0 Å². The van der Waals surface area contributed by atoms with Crippen LogP contribution in [0.25, 0.3) is 0 Å². The maximum absolute atomic E-state index is 11.1. The van der Waals surface area contributed by atoms with Gasteiger partial charge in [0.15, 0.2) is 5.78 Å². The van der Waals surface area contributed by atoms with Crippen LogP contribution in [0, 0.1) is 0 Å². The molecule has 0 bridgehead atoms. The standard InChI is InChI=1S/C8H18N2O/c1-3-6(9)5-8(11)7(10)4-2/h6-7H,3-5,9-10H2,1-2H3. The number of hydrogen-bond donors (Lipinski definition) is 2. The summed E-state index contributed by atoms with van der Waals surface area (Å²) in [5.41, 5.74) is 11.1. The maximum atomic E-state index is 11.1. The van der Waals surface area contributed by atoms with Gasteiger partial charge in [0, 0.05) is 12.5 Å². The summed E-state index contributed by atoms with van der Waals surface area (Å²) in [7, 11) is 0. The van der Waals surface area contributed by atoms with Crippen molar-refractivity contribution >= 4 is 5.78 Å². The lowest BCUT2D eigenvalue weighted by Gasteiger charge is -2.11. The number of rotatable bonds is 5. The van der Waals surface area contributed by atoms with Crippen LogP contribution in [-0.4, -0.2) is 17.9 Å². The van der Waals surface area contributed by atoms with Gasteiger partial charge in [-0.05, 0) is 12.8 Å². The maximum Gasteiger partial charge on any atom is 0.151 e. The molecule has 0 aromatic carbocycles. The van der Waals surface area contributed by atoms with Gasteiger partial charge in [0.25, 0.3) is 0 Å². The zero-order chi connectivity index (χ0) is 8.85. The minimum atomic E-state index is -0.312. The molecular formula is C8H18N2O. The molecule has 3 nitrogen and oxygen atoms in total. The van der Waals surface area contributed by atoms with E-state index in [1.54, 1.807) is 0 Å². The summed E-state index contributed by atoms with van der Waals surface area (Å²) in [5.74, 6) is 0.0850. The smallest absolute Gasteiger partial charge is 0.151 e. The molecule has 4 N–H and O–H groups in total. The summed E-state index contributed by atoms with van der Waals surface area (Å²) in [6.07, 6.45) is 1.96.